The fraction of sp³-hybridized carbons (Fsp3) is 0.294. The van der Waals surface area contributed by atoms with Gasteiger partial charge in [-0.1, -0.05) is 0 Å². The zero-order valence-electron chi connectivity index (χ0n) is 12.2. The molecule has 1 N–H and O–H groups in total. The summed E-state index contributed by atoms with van der Waals surface area (Å²) in [5.74, 6) is 0.912. The average molecular weight is 298 g/mol. The van der Waals surface area contributed by atoms with Crippen LogP contribution in [0.2, 0.25) is 0 Å². The second kappa shape index (κ2) is 6.47. The molecule has 2 aromatic rings. The molecule has 114 valence electrons. The molecule has 1 fully saturated rings. The summed E-state index contributed by atoms with van der Waals surface area (Å²) in [7, 11) is 0. The van der Waals surface area contributed by atoms with E-state index in [1.54, 1.807) is 11.2 Å². The molecule has 0 spiro atoms. The summed E-state index contributed by atoms with van der Waals surface area (Å²) in [6.45, 7) is 0.772. The van der Waals surface area contributed by atoms with Crippen molar-refractivity contribution in [1.29, 1.82) is 0 Å². The van der Waals surface area contributed by atoms with E-state index in [0.717, 1.165) is 30.1 Å². The zero-order valence-corrected chi connectivity index (χ0v) is 12.2. The molecule has 0 atom stereocenters. The van der Waals surface area contributed by atoms with Crippen molar-refractivity contribution in [2.45, 2.75) is 25.7 Å². The molecule has 1 saturated heterocycles. The quantitative estimate of drug-likeness (QED) is 0.923. The third-order valence-electron chi connectivity index (χ3n) is 3.71. The molecule has 0 unspecified atom stereocenters. The molecule has 1 aromatic carbocycles. The summed E-state index contributed by atoms with van der Waals surface area (Å²) >= 11 is 0. The SMILES string of the molecule is O=C(CCc1ccco1)Nc1ccc(N2CCCC2=O)cc1. The highest BCUT2D eigenvalue weighted by Crippen LogP contribution is 2.23. The van der Waals surface area contributed by atoms with E-state index >= 15 is 0 Å². The number of rotatable bonds is 5. The van der Waals surface area contributed by atoms with Crippen LogP contribution in [0.15, 0.2) is 47.1 Å². The van der Waals surface area contributed by atoms with E-state index in [0.29, 0.717) is 19.3 Å². The number of benzene rings is 1. The van der Waals surface area contributed by atoms with Crippen molar-refractivity contribution in [3.05, 3.63) is 48.4 Å². The molecule has 1 aliphatic rings. The Labute approximate surface area is 128 Å². The third kappa shape index (κ3) is 3.36. The van der Waals surface area contributed by atoms with E-state index in [2.05, 4.69) is 5.32 Å². The van der Waals surface area contributed by atoms with E-state index in [9.17, 15) is 9.59 Å². The molecule has 22 heavy (non-hydrogen) atoms. The van der Waals surface area contributed by atoms with Crippen molar-refractivity contribution in [2.75, 3.05) is 16.8 Å². The van der Waals surface area contributed by atoms with Gasteiger partial charge in [-0.15, -0.1) is 0 Å². The van der Waals surface area contributed by atoms with Crippen LogP contribution < -0.4 is 10.2 Å². The van der Waals surface area contributed by atoms with Crippen LogP contribution in [0, 0.1) is 0 Å². The molecule has 1 aromatic heterocycles. The summed E-state index contributed by atoms with van der Waals surface area (Å²) in [6.07, 6.45) is 4.08. The Kier molecular flexibility index (Phi) is 4.23. The van der Waals surface area contributed by atoms with Gasteiger partial charge < -0.3 is 14.6 Å². The average Bonchev–Trinajstić information content (AvgIpc) is 3.17. The maximum absolute atomic E-state index is 11.9. The number of amides is 2. The van der Waals surface area contributed by atoms with E-state index < -0.39 is 0 Å². The second-order valence-electron chi connectivity index (χ2n) is 5.32. The summed E-state index contributed by atoms with van der Waals surface area (Å²) in [4.78, 5) is 25.3. The van der Waals surface area contributed by atoms with Crippen LogP contribution in [0.5, 0.6) is 0 Å². The maximum Gasteiger partial charge on any atom is 0.227 e. The molecule has 2 amide bonds. The van der Waals surface area contributed by atoms with E-state index in [1.807, 2.05) is 36.4 Å². The van der Waals surface area contributed by atoms with E-state index in [4.69, 9.17) is 4.42 Å². The summed E-state index contributed by atoms with van der Waals surface area (Å²) in [6, 6.07) is 11.1. The highest BCUT2D eigenvalue weighted by molar-refractivity contribution is 5.96. The van der Waals surface area contributed by atoms with Crippen LogP contribution in [0.1, 0.15) is 25.0 Å². The second-order valence-corrected chi connectivity index (χ2v) is 5.32. The van der Waals surface area contributed by atoms with Crippen LogP contribution in [-0.4, -0.2) is 18.4 Å². The minimum atomic E-state index is -0.0543. The van der Waals surface area contributed by atoms with Gasteiger partial charge in [-0.25, -0.2) is 0 Å². The highest BCUT2D eigenvalue weighted by atomic mass is 16.3. The molecule has 0 aliphatic carbocycles. The van der Waals surface area contributed by atoms with Crippen molar-refractivity contribution in [3.8, 4) is 0 Å². The number of carbonyl (C=O) groups excluding carboxylic acids is 2. The Balaban J connectivity index is 1.54. The first kappa shape index (κ1) is 14.4. The Morgan fingerprint density at radius 1 is 1.23 bits per heavy atom. The van der Waals surface area contributed by atoms with Gasteiger partial charge in [0.05, 0.1) is 6.26 Å². The molecule has 5 nitrogen and oxygen atoms in total. The smallest absolute Gasteiger partial charge is 0.227 e. The van der Waals surface area contributed by atoms with Gasteiger partial charge in [-0.2, -0.15) is 0 Å². The van der Waals surface area contributed by atoms with Gasteiger partial charge in [0.15, 0.2) is 0 Å². The van der Waals surface area contributed by atoms with Crippen LogP contribution in [-0.2, 0) is 16.0 Å². The minimum absolute atomic E-state index is 0.0543. The first-order valence-corrected chi connectivity index (χ1v) is 7.45. The molecule has 2 heterocycles. The lowest BCUT2D eigenvalue weighted by atomic mass is 10.2. The predicted octanol–water partition coefficient (Wildman–Crippen LogP) is 2.98. The number of aryl methyl sites for hydroxylation is 1. The molecule has 3 rings (SSSR count). The van der Waals surface area contributed by atoms with Crippen LogP contribution in [0.3, 0.4) is 0 Å². The molecule has 0 saturated carbocycles. The zero-order chi connectivity index (χ0) is 15.4. The van der Waals surface area contributed by atoms with Gasteiger partial charge >= 0.3 is 0 Å². The van der Waals surface area contributed by atoms with Gasteiger partial charge in [0, 0.05) is 37.2 Å². The Hall–Kier alpha value is -2.56. The fourth-order valence-electron chi connectivity index (χ4n) is 2.56. The largest absolute Gasteiger partial charge is 0.469 e. The molecular formula is C17H18N2O3. The standard InChI is InChI=1S/C17H18N2O3/c20-16(10-9-15-3-2-12-22-15)18-13-5-7-14(8-6-13)19-11-1-4-17(19)21/h2-3,5-8,12H,1,4,9-11H2,(H,18,20). The van der Waals surface area contributed by atoms with Gasteiger partial charge in [-0.05, 0) is 42.8 Å². The number of anilines is 2. The lowest BCUT2D eigenvalue weighted by Gasteiger charge is -2.16. The molecule has 0 radical (unpaired) electrons. The number of hydrogen-bond donors (Lipinski definition) is 1. The third-order valence-corrected chi connectivity index (χ3v) is 3.71. The Morgan fingerprint density at radius 3 is 2.68 bits per heavy atom. The van der Waals surface area contributed by atoms with Crippen molar-refractivity contribution >= 4 is 23.2 Å². The summed E-state index contributed by atoms with van der Waals surface area (Å²) in [5, 5.41) is 2.85. The topological polar surface area (TPSA) is 62.6 Å². The normalized spacial score (nSPS) is 14.4. The van der Waals surface area contributed by atoms with Crippen molar-refractivity contribution < 1.29 is 14.0 Å². The maximum atomic E-state index is 11.9. The molecule has 5 heteroatoms. The van der Waals surface area contributed by atoms with Gasteiger partial charge in [0.1, 0.15) is 5.76 Å². The lowest BCUT2D eigenvalue weighted by Crippen LogP contribution is -2.23. The summed E-state index contributed by atoms with van der Waals surface area (Å²) < 4.78 is 5.20. The van der Waals surface area contributed by atoms with Crippen LogP contribution in [0.25, 0.3) is 0 Å². The number of nitrogens with one attached hydrogen (secondary N) is 1. The monoisotopic (exact) mass is 298 g/mol. The minimum Gasteiger partial charge on any atom is -0.469 e. The van der Waals surface area contributed by atoms with Crippen molar-refractivity contribution in [1.82, 2.24) is 0 Å². The van der Waals surface area contributed by atoms with E-state index in [-0.39, 0.29) is 11.8 Å². The van der Waals surface area contributed by atoms with E-state index in [1.165, 1.54) is 0 Å². The van der Waals surface area contributed by atoms with Crippen LogP contribution >= 0.6 is 0 Å². The van der Waals surface area contributed by atoms with Crippen LogP contribution in [0.4, 0.5) is 11.4 Å². The van der Waals surface area contributed by atoms with Crippen molar-refractivity contribution in [3.63, 3.8) is 0 Å². The lowest BCUT2D eigenvalue weighted by molar-refractivity contribution is -0.117. The van der Waals surface area contributed by atoms with Gasteiger partial charge in [-0.3, -0.25) is 9.59 Å². The van der Waals surface area contributed by atoms with Crippen molar-refractivity contribution in [2.24, 2.45) is 0 Å². The first-order valence-electron chi connectivity index (χ1n) is 7.45. The molecular weight excluding hydrogens is 280 g/mol. The van der Waals surface area contributed by atoms with Gasteiger partial charge in [0.2, 0.25) is 11.8 Å². The van der Waals surface area contributed by atoms with Gasteiger partial charge in [0.25, 0.3) is 0 Å². The number of carbonyl (C=O) groups is 2. The molecule has 1 aliphatic heterocycles. The Morgan fingerprint density at radius 2 is 2.05 bits per heavy atom. The predicted molar refractivity (Wildman–Crippen MR) is 83.7 cm³/mol. The first-order chi connectivity index (χ1) is 10.7. The fourth-order valence-corrected chi connectivity index (χ4v) is 2.56. The number of furan rings is 1. The summed E-state index contributed by atoms with van der Waals surface area (Å²) in [5.41, 5.74) is 1.62. The Bertz CT molecular complexity index is 647. The highest BCUT2D eigenvalue weighted by Gasteiger charge is 2.21. The molecule has 0 bridgehead atoms. The number of nitrogens with zero attached hydrogens (tertiary/aromatic N) is 1. The number of hydrogen-bond acceptors (Lipinski definition) is 3.